The SMILES string of the molecule is CCC(CSC)NCc1cc(OC)cc(C)n1. The summed E-state index contributed by atoms with van der Waals surface area (Å²) >= 11 is 1.87. The van der Waals surface area contributed by atoms with Crippen molar-refractivity contribution in [2.24, 2.45) is 0 Å². The smallest absolute Gasteiger partial charge is 0.122 e. The lowest BCUT2D eigenvalue weighted by atomic mass is 10.2. The molecule has 4 heteroatoms. The zero-order chi connectivity index (χ0) is 12.7. The van der Waals surface area contributed by atoms with Crippen molar-refractivity contribution in [3.63, 3.8) is 0 Å². The first-order valence-electron chi connectivity index (χ1n) is 5.93. The van der Waals surface area contributed by atoms with E-state index in [1.165, 1.54) is 0 Å². The number of nitrogens with zero attached hydrogens (tertiary/aromatic N) is 1. The molecule has 1 unspecified atom stereocenters. The third-order valence-corrected chi connectivity index (χ3v) is 3.38. The van der Waals surface area contributed by atoms with E-state index in [2.05, 4.69) is 23.5 Å². The fraction of sp³-hybridized carbons (Fsp3) is 0.615. The minimum Gasteiger partial charge on any atom is -0.497 e. The zero-order valence-corrected chi connectivity index (χ0v) is 11.9. The summed E-state index contributed by atoms with van der Waals surface area (Å²) in [6, 6.07) is 4.49. The summed E-state index contributed by atoms with van der Waals surface area (Å²) in [6.07, 6.45) is 3.28. The Hall–Kier alpha value is -0.740. The molecule has 1 N–H and O–H groups in total. The van der Waals surface area contributed by atoms with Crippen molar-refractivity contribution in [2.45, 2.75) is 32.9 Å². The van der Waals surface area contributed by atoms with Gasteiger partial charge in [-0.3, -0.25) is 4.98 Å². The molecular weight excluding hydrogens is 232 g/mol. The molecule has 0 aromatic carbocycles. The Balaban J connectivity index is 2.58. The number of ether oxygens (including phenoxy) is 1. The predicted molar refractivity (Wildman–Crippen MR) is 74.8 cm³/mol. The van der Waals surface area contributed by atoms with E-state index in [4.69, 9.17) is 4.74 Å². The lowest BCUT2D eigenvalue weighted by Crippen LogP contribution is -2.30. The average molecular weight is 254 g/mol. The fourth-order valence-corrected chi connectivity index (χ4v) is 2.44. The zero-order valence-electron chi connectivity index (χ0n) is 11.1. The van der Waals surface area contributed by atoms with Gasteiger partial charge in [0, 0.05) is 36.2 Å². The highest BCUT2D eigenvalue weighted by molar-refractivity contribution is 7.98. The molecule has 0 aliphatic rings. The number of thioether (sulfide) groups is 1. The summed E-state index contributed by atoms with van der Waals surface area (Å²) in [7, 11) is 1.69. The van der Waals surface area contributed by atoms with E-state index < -0.39 is 0 Å². The van der Waals surface area contributed by atoms with Crippen molar-refractivity contribution >= 4 is 11.8 Å². The summed E-state index contributed by atoms with van der Waals surface area (Å²) in [5.41, 5.74) is 2.04. The molecule has 0 bridgehead atoms. The molecule has 0 saturated carbocycles. The number of aryl methyl sites for hydroxylation is 1. The van der Waals surface area contributed by atoms with E-state index in [9.17, 15) is 0 Å². The Morgan fingerprint density at radius 3 is 2.82 bits per heavy atom. The number of hydrogen-bond acceptors (Lipinski definition) is 4. The number of methoxy groups -OCH3 is 1. The highest BCUT2D eigenvalue weighted by atomic mass is 32.2. The van der Waals surface area contributed by atoms with Gasteiger partial charge in [0.2, 0.25) is 0 Å². The highest BCUT2D eigenvalue weighted by Crippen LogP contribution is 2.13. The van der Waals surface area contributed by atoms with Gasteiger partial charge in [0.05, 0.1) is 12.8 Å². The maximum absolute atomic E-state index is 5.24. The maximum Gasteiger partial charge on any atom is 0.122 e. The molecule has 1 rings (SSSR count). The maximum atomic E-state index is 5.24. The van der Waals surface area contributed by atoms with Crippen LogP contribution in [0.25, 0.3) is 0 Å². The summed E-state index contributed by atoms with van der Waals surface area (Å²) < 4.78 is 5.24. The van der Waals surface area contributed by atoms with Gasteiger partial charge in [0.1, 0.15) is 5.75 Å². The van der Waals surface area contributed by atoms with Crippen LogP contribution < -0.4 is 10.1 Å². The predicted octanol–water partition coefficient (Wildman–Crippen LogP) is 2.63. The minimum absolute atomic E-state index is 0.554. The molecule has 0 radical (unpaired) electrons. The van der Waals surface area contributed by atoms with Crippen molar-refractivity contribution in [3.8, 4) is 5.75 Å². The van der Waals surface area contributed by atoms with Crippen LogP contribution in [0.15, 0.2) is 12.1 Å². The van der Waals surface area contributed by atoms with Gasteiger partial charge in [-0.1, -0.05) is 6.92 Å². The number of hydrogen-bond donors (Lipinski definition) is 1. The molecule has 96 valence electrons. The van der Waals surface area contributed by atoms with Gasteiger partial charge in [0.15, 0.2) is 0 Å². The molecule has 1 aromatic rings. The van der Waals surface area contributed by atoms with Crippen LogP contribution in [-0.2, 0) is 6.54 Å². The topological polar surface area (TPSA) is 34.1 Å². The van der Waals surface area contributed by atoms with Gasteiger partial charge < -0.3 is 10.1 Å². The molecule has 0 aliphatic heterocycles. The molecule has 0 fully saturated rings. The Morgan fingerprint density at radius 1 is 1.47 bits per heavy atom. The Bertz CT molecular complexity index is 344. The van der Waals surface area contributed by atoms with E-state index in [0.29, 0.717) is 6.04 Å². The highest BCUT2D eigenvalue weighted by Gasteiger charge is 2.06. The minimum atomic E-state index is 0.554. The summed E-state index contributed by atoms with van der Waals surface area (Å²) in [4.78, 5) is 4.50. The average Bonchev–Trinajstić information content (AvgIpc) is 2.33. The van der Waals surface area contributed by atoms with Crippen molar-refractivity contribution < 1.29 is 4.74 Å². The van der Waals surface area contributed by atoms with Crippen LogP contribution in [0.3, 0.4) is 0 Å². The van der Waals surface area contributed by atoms with E-state index in [1.54, 1.807) is 7.11 Å². The van der Waals surface area contributed by atoms with Crippen molar-refractivity contribution in [1.29, 1.82) is 0 Å². The van der Waals surface area contributed by atoms with Crippen LogP contribution in [-0.4, -0.2) is 30.1 Å². The molecule has 3 nitrogen and oxygen atoms in total. The van der Waals surface area contributed by atoms with Gasteiger partial charge in [-0.2, -0.15) is 11.8 Å². The first-order chi connectivity index (χ1) is 8.19. The van der Waals surface area contributed by atoms with Crippen molar-refractivity contribution in [3.05, 3.63) is 23.5 Å². The molecule has 17 heavy (non-hydrogen) atoms. The van der Waals surface area contributed by atoms with Gasteiger partial charge >= 0.3 is 0 Å². The van der Waals surface area contributed by atoms with Crippen LogP contribution >= 0.6 is 11.8 Å². The number of nitrogens with one attached hydrogen (secondary N) is 1. The van der Waals surface area contributed by atoms with E-state index in [1.807, 2.05) is 30.8 Å². The van der Waals surface area contributed by atoms with Crippen molar-refractivity contribution in [2.75, 3.05) is 19.1 Å². The van der Waals surface area contributed by atoms with E-state index in [-0.39, 0.29) is 0 Å². The first kappa shape index (κ1) is 14.3. The molecule has 0 saturated heterocycles. The fourth-order valence-electron chi connectivity index (χ4n) is 1.68. The Morgan fingerprint density at radius 2 is 2.24 bits per heavy atom. The molecule has 0 amide bonds. The monoisotopic (exact) mass is 254 g/mol. The first-order valence-corrected chi connectivity index (χ1v) is 7.32. The molecule has 0 aliphatic carbocycles. The second-order valence-corrected chi connectivity index (χ2v) is 4.99. The van der Waals surface area contributed by atoms with Crippen LogP contribution in [0.2, 0.25) is 0 Å². The van der Waals surface area contributed by atoms with Crippen molar-refractivity contribution in [1.82, 2.24) is 10.3 Å². The van der Waals surface area contributed by atoms with Crippen LogP contribution in [0.5, 0.6) is 5.75 Å². The molecule has 0 spiro atoms. The van der Waals surface area contributed by atoms with Gasteiger partial charge in [-0.25, -0.2) is 0 Å². The van der Waals surface area contributed by atoms with Gasteiger partial charge in [0.25, 0.3) is 0 Å². The lowest BCUT2D eigenvalue weighted by molar-refractivity contribution is 0.412. The number of aromatic nitrogens is 1. The number of rotatable bonds is 7. The number of pyridine rings is 1. The molecular formula is C13H22N2OS. The van der Waals surface area contributed by atoms with Crippen LogP contribution in [0, 0.1) is 6.92 Å². The third-order valence-electron chi connectivity index (χ3n) is 2.65. The van der Waals surface area contributed by atoms with E-state index >= 15 is 0 Å². The summed E-state index contributed by atoms with van der Waals surface area (Å²) in [5, 5.41) is 3.53. The molecule has 1 atom stereocenters. The Kier molecular flexibility index (Phi) is 6.37. The van der Waals surface area contributed by atoms with Crippen LogP contribution in [0.4, 0.5) is 0 Å². The largest absolute Gasteiger partial charge is 0.497 e. The van der Waals surface area contributed by atoms with Crippen LogP contribution in [0.1, 0.15) is 24.7 Å². The molecule has 1 heterocycles. The quantitative estimate of drug-likeness (QED) is 0.811. The van der Waals surface area contributed by atoms with Gasteiger partial charge in [-0.15, -0.1) is 0 Å². The second kappa shape index (κ2) is 7.56. The second-order valence-electron chi connectivity index (χ2n) is 4.08. The van der Waals surface area contributed by atoms with Gasteiger partial charge in [-0.05, 0) is 19.6 Å². The standard InChI is InChI=1S/C13H22N2OS/c1-5-11(9-17-4)14-8-12-7-13(16-3)6-10(2)15-12/h6-7,11,14H,5,8-9H2,1-4H3. The lowest BCUT2D eigenvalue weighted by Gasteiger charge is -2.15. The molecule has 1 aromatic heterocycles. The summed E-state index contributed by atoms with van der Waals surface area (Å²) in [6.45, 7) is 5.00. The third kappa shape index (κ3) is 4.96. The summed E-state index contributed by atoms with van der Waals surface area (Å²) in [5.74, 6) is 2.02. The van der Waals surface area contributed by atoms with E-state index in [0.717, 1.165) is 35.9 Å². The normalized spacial score (nSPS) is 12.5. The Labute approximate surface area is 108 Å².